The highest BCUT2D eigenvalue weighted by Crippen LogP contribution is 2.64. The van der Waals surface area contributed by atoms with Crippen LogP contribution in [0.2, 0.25) is 0 Å². The lowest BCUT2D eigenvalue weighted by Crippen LogP contribution is -2.82. The van der Waals surface area contributed by atoms with Gasteiger partial charge in [-0.3, -0.25) is 29.3 Å². The zero-order valence-corrected chi connectivity index (χ0v) is 44.5. The number of sulfone groups is 1. The quantitative estimate of drug-likeness (QED) is 0.0422. The number of amides is 1. The van der Waals surface area contributed by atoms with Crippen molar-refractivity contribution in [3.63, 3.8) is 0 Å². The van der Waals surface area contributed by atoms with Crippen LogP contribution in [0, 0.1) is 26.9 Å². The summed E-state index contributed by atoms with van der Waals surface area (Å²) in [6, 6.07) is 25.4. The zero-order chi connectivity index (χ0) is 57.4. The number of esters is 4. The Morgan fingerprint density at radius 3 is 1.99 bits per heavy atom. The molecule has 3 fully saturated rings. The predicted molar refractivity (Wildman–Crippen MR) is 273 cm³/mol. The van der Waals surface area contributed by atoms with Gasteiger partial charge in [0.1, 0.15) is 36.6 Å². The number of non-ortho nitro benzene ring substituents is 1. The maximum Gasteiger partial charge on any atom is 0.509 e. The molecule has 2 saturated carbocycles. The van der Waals surface area contributed by atoms with E-state index in [4.69, 9.17) is 33.2 Å². The van der Waals surface area contributed by atoms with Gasteiger partial charge >= 0.3 is 30.0 Å². The first-order valence-electron chi connectivity index (χ1n) is 25.1. The minimum Gasteiger partial charge on any atom is -0.455 e. The SMILES string of the molecule is CC(=O)O[C@H]1C(=O)[C@@]2(C)[C@H]([C@H](OC(=O)c3ccccc3)[C@]3(O)C[C@H](OC(=O)[C@H](OC(=O)OCCS(=O)(=O)c4ccc([N+](=O)[O-])cc4)[C@@H](NC(=O)c4ccccc4)c4ccccc4)C(C)=C1C3(C)C)[C@]1(OC(C)=O)CO[C@@H]1C[C@@H]2O. The van der Waals surface area contributed by atoms with Gasteiger partial charge in [0.05, 0.1) is 45.2 Å². The van der Waals surface area contributed by atoms with Gasteiger partial charge in [0.25, 0.3) is 11.6 Å². The molecule has 11 atom stereocenters. The normalized spacial score (nSPS) is 27.5. The fraction of sp³-hybridized carbons (Fsp3) is 0.411. The molecular formula is C56H58N2O20S. The molecule has 3 aliphatic carbocycles. The van der Waals surface area contributed by atoms with Crippen LogP contribution in [0.15, 0.2) is 131 Å². The number of ether oxygens (including phenoxy) is 7. The van der Waals surface area contributed by atoms with Gasteiger partial charge in [0.15, 0.2) is 27.3 Å². The Hall–Kier alpha value is -7.86. The molecule has 4 aromatic carbocycles. The summed E-state index contributed by atoms with van der Waals surface area (Å²) in [5, 5.41) is 40.1. The number of nitrogens with zero attached hydrogens (tertiary/aromatic N) is 1. The van der Waals surface area contributed by atoms with Gasteiger partial charge in [-0.15, -0.1) is 0 Å². The number of carbonyl (C=O) groups is 7. The lowest BCUT2D eigenvalue weighted by atomic mass is 9.44. The molecule has 1 saturated heterocycles. The van der Waals surface area contributed by atoms with Crippen LogP contribution < -0.4 is 5.32 Å². The summed E-state index contributed by atoms with van der Waals surface area (Å²) in [5.74, 6) is -8.55. The monoisotopic (exact) mass is 1110 g/mol. The van der Waals surface area contributed by atoms with Gasteiger partial charge in [-0.25, -0.2) is 22.8 Å². The Labute approximate surface area is 453 Å². The van der Waals surface area contributed by atoms with E-state index in [0.29, 0.717) is 0 Å². The van der Waals surface area contributed by atoms with Crippen LogP contribution in [0.3, 0.4) is 0 Å². The minimum absolute atomic E-state index is 0.0119. The van der Waals surface area contributed by atoms with E-state index in [1.807, 2.05) is 0 Å². The molecule has 23 heteroatoms. The first kappa shape index (κ1) is 57.3. The number of rotatable bonds is 16. The third-order valence-corrected chi connectivity index (χ3v) is 17.4. The second kappa shape index (κ2) is 22.1. The standard InChI is InChI=1S/C56H58N2O20S/c1-31-39(75-51(65)45(43(34-16-10-7-11-17-34)57-49(63)35-18-12-8-13-19-35)76-52(66)72-26-27-79(70,71)38-24-22-37(23-25-38)58(68)69)29-56(67)48(77-50(64)36-20-14-9-15-21-36)46-54(6,40(61)28-41-55(46,30-73-41)78-33(3)60)47(62)44(74-32(2)59)42(31)53(56,4)5/h7-25,39-41,43-46,48,61,67H,26-30H2,1-6H3,(H,57,63)/t39-,40-,41+,43-,44+,45+,46-,48-,54+,55-,56+/m0/s1. The summed E-state index contributed by atoms with van der Waals surface area (Å²) < 4.78 is 68.1. The highest BCUT2D eigenvalue weighted by Gasteiger charge is 2.78. The topological polar surface area (TPSA) is 314 Å². The van der Waals surface area contributed by atoms with Gasteiger partial charge in [0, 0.05) is 49.8 Å². The van der Waals surface area contributed by atoms with Gasteiger partial charge < -0.3 is 48.7 Å². The van der Waals surface area contributed by atoms with Gasteiger partial charge in [-0.05, 0) is 67.0 Å². The van der Waals surface area contributed by atoms with Crippen LogP contribution in [0.5, 0.6) is 0 Å². The molecule has 0 unspecified atom stereocenters. The number of Topliss-reactive ketones (excluding diaryl/α,β-unsaturated/α-hetero) is 1. The van der Waals surface area contributed by atoms with Crippen LogP contribution in [0.25, 0.3) is 0 Å². The van der Waals surface area contributed by atoms with Gasteiger partial charge in [0.2, 0.25) is 6.10 Å². The summed E-state index contributed by atoms with van der Waals surface area (Å²) in [6.07, 6.45) is -13.3. The molecular weight excluding hydrogens is 1050 g/mol. The molecule has 1 aliphatic heterocycles. The first-order chi connectivity index (χ1) is 37.3. The van der Waals surface area contributed by atoms with E-state index >= 15 is 9.59 Å². The molecule has 2 bridgehead atoms. The second-order valence-corrected chi connectivity index (χ2v) is 22.7. The van der Waals surface area contributed by atoms with E-state index in [0.717, 1.165) is 38.1 Å². The first-order valence-corrected chi connectivity index (χ1v) is 26.7. The highest BCUT2D eigenvalue weighted by molar-refractivity contribution is 7.91. The molecule has 4 aromatic rings. The Bertz CT molecular complexity index is 3190. The number of hydrogen-bond donors (Lipinski definition) is 3. The number of aliphatic hydroxyl groups excluding tert-OH is 1. The average molecular weight is 1110 g/mol. The van der Waals surface area contributed by atoms with Crippen molar-refractivity contribution >= 4 is 57.2 Å². The van der Waals surface area contributed by atoms with E-state index in [9.17, 15) is 52.7 Å². The molecule has 0 spiro atoms. The number of carbonyl (C=O) groups excluding carboxylic acids is 7. The Morgan fingerprint density at radius 1 is 0.835 bits per heavy atom. The van der Waals surface area contributed by atoms with Crippen molar-refractivity contribution in [3.05, 3.63) is 153 Å². The fourth-order valence-corrected chi connectivity index (χ4v) is 12.6. The fourth-order valence-electron chi connectivity index (χ4n) is 11.6. The van der Waals surface area contributed by atoms with Crippen molar-refractivity contribution in [2.45, 2.75) is 113 Å². The van der Waals surface area contributed by atoms with Crippen LogP contribution in [-0.2, 0) is 62.2 Å². The van der Waals surface area contributed by atoms with Crippen molar-refractivity contribution in [2.75, 3.05) is 19.0 Å². The van der Waals surface area contributed by atoms with Crippen molar-refractivity contribution in [3.8, 4) is 0 Å². The smallest absolute Gasteiger partial charge is 0.455 e. The molecule has 418 valence electrons. The Kier molecular flexibility index (Phi) is 16.0. The van der Waals surface area contributed by atoms with Crippen LogP contribution in [0.4, 0.5) is 10.5 Å². The van der Waals surface area contributed by atoms with E-state index in [-0.39, 0.29) is 44.8 Å². The third-order valence-electron chi connectivity index (χ3n) is 15.7. The maximum absolute atomic E-state index is 15.8. The summed E-state index contributed by atoms with van der Waals surface area (Å²) in [4.78, 5) is 110. The molecule has 1 amide bonds. The number of nitrogens with one attached hydrogen (secondary N) is 1. The number of aliphatic hydroxyl groups is 2. The van der Waals surface area contributed by atoms with E-state index in [1.165, 1.54) is 64.1 Å². The van der Waals surface area contributed by atoms with Crippen molar-refractivity contribution < 1.29 is 90.3 Å². The summed E-state index contributed by atoms with van der Waals surface area (Å²) in [6.45, 7) is 6.60. The second-order valence-electron chi connectivity index (χ2n) is 20.6. The molecule has 0 aromatic heterocycles. The van der Waals surface area contributed by atoms with Crippen LogP contribution in [0.1, 0.15) is 86.7 Å². The number of nitro benzene ring substituents is 1. The lowest BCUT2D eigenvalue weighted by Gasteiger charge is -2.67. The van der Waals surface area contributed by atoms with Crippen LogP contribution >= 0.6 is 0 Å². The Balaban J connectivity index is 1.24. The van der Waals surface area contributed by atoms with E-state index in [2.05, 4.69) is 5.32 Å². The van der Waals surface area contributed by atoms with Crippen LogP contribution in [-0.4, -0.2) is 132 Å². The van der Waals surface area contributed by atoms with Crippen molar-refractivity contribution in [2.24, 2.45) is 16.7 Å². The molecule has 3 N–H and O–H groups in total. The number of ketones is 1. The minimum atomic E-state index is -4.24. The number of nitro groups is 1. The average Bonchev–Trinajstić information content (AvgIpc) is 3.61. The third kappa shape index (κ3) is 10.7. The lowest BCUT2D eigenvalue weighted by molar-refractivity contribution is -0.384. The maximum atomic E-state index is 15.8. The largest absolute Gasteiger partial charge is 0.509 e. The van der Waals surface area contributed by atoms with E-state index < -0.39 is 152 Å². The summed E-state index contributed by atoms with van der Waals surface area (Å²) in [7, 11) is -4.24. The van der Waals surface area contributed by atoms with Gasteiger partial charge in [-0.2, -0.15) is 0 Å². The predicted octanol–water partition coefficient (Wildman–Crippen LogP) is 5.28. The van der Waals surface area contributed by atoms with Gasteiger partial charge in [-0.1, -0.05) is 80.6 Å². The number of hydrogen-bond acceptors (Lipinski definition) is 20. The number of benzene rings is 4. The molecule has 0 radical (unpaired) electrons. The molecule has 22 nitrogen and oxygen atoms in total. The molecule has 4 aliphatic rings. The highest BCUT2D eigenvalue weighted by atomic mass is 32.2. The summed E-state index contributed by atoms with van der Waals surface area (Å²) in [5.41, 5.74) is -8.68. The number of fused-ring (bicyclic) bond motifs is 5. The Morgan fingerprint density at radius 2 is 1.43 bits per heavy atom. The zero-order valence-electron chi connectivity index (χ0n) is 43.7. The summed E-state index contributed by atoms with van der Waals surface area (Å²) >= 11 is 0. The van der Waals surface area contributed by atoms with Crippen molar-refractivity contribution in [1.29, 1.82) is 0 Å². The molecule has 79 heavy (non-hydrogen) atoms. The van der Waals surface area contributed by atoms with E-state index in [1.54, 1.807) is 54.6 Å². The van der Waals surface area contributed by atoms with Crippen molar-refractivity contribution in [1.82, 2.24) is 5.32 Å². The molecule has 8 rings (SSSR count). The molecule has 1 heterocycles.